The number of ether oxygens (including phenoxy) is 2. The Bertz CT molecular complexity index is 414. The molecule has 3 nitrogen and oxygen atoms in total. The first-order valence-corrected chi connectivity index (χ1v) is 6.80. The summed E-state index contributed by atoms with van der Waals surface area (Å²) in [6.45, 7) is 2.88. The summed E-state index contributed by atoms with van der Waals surface area (Å²) < 4.78 is 11.4. The van der Waals surface area contributed by atoms with Crippen LogP contribution < -0.4 is 4.74 Å². The standard InChI is InChI=1S/C15H20O3/c1-10-7-8-17-15(10)14(16)11-3-2-4-13(9-11)18-12-5-6-12/h2-4,9-10,12,14-16H,5-8H2,1H3. The SMILES string of the molecule is CC1CCOC1C(O)c1cccc(OC2CC2)c1. The first kappa shape index (κ1) is 12.0. The van der Waals surface area contributed by atoms with Gasteiger partial charge in [-0.2, -0.15) is 0 Å². The molecular formula is C15H20O3. The Labute approximate surface area is 108 Å². The van der Waals surface area contributed by atoms with Crippen LogP contribution in [0.4, 0.5) is 0 Å². The fraction of sp³-hybridized carbons (Fsp3) is 0.600. The lowest BCUT2D eigenvalue weighted by molar-refractivity contribution is -0.0179. The van der Waals surface area contributed by atoms with Crippen LogP contribution in [-0.4, -0.2) is 23.9 Å². The van der Waals surface area contributed by atoms with Gasteiger partial charge >= 0.3 is 0 Å². The van der Waals surface area contributed by atoms with Gasteiger partial charge in [0.1, 0.15) is 11.9 Å². The van der Waals surface area contributed by atoms with E-state index in [0.29, 0.717) is 12.0 Å². The molecule has 1 heterocycles. The summed E-state index contributed by atoms with van der Waals surface area (Å²) in [5, 5.41) is 10.4. The quantitative estimate of drug-likeness (QED) is 0.890. The van der Waals surface area contributed by atoms with Crippen LogP contribution >= 0.6 is 0 Å². The number of hydrogen-bond donors (Lipinski definition) is 1. The van der Waals surface area contributed by atoms with Gasteiger partial charge in [-0.05, 0) is 42.9 Å². The summed E-state index contributed by atoms with van der Waals surface area (Å²) >= 11 is 0. The molecular weight excluding hydrogens is 228 g/mol. The summed E-state index contributed by atoms with van der Waals surface area (Å²) in [5.41, 5.74) is 0.895. The monoisotopic (exact) mass is 248 g/mol. The minimum Gasteiger partial charge on any atom is -0.490 e. The molecule has 0 spiro atoms. The van der Waals surface area contributed by atoms with E-state index < -0.39 is 6.10 Å². The van der Waals surface area contributed by atoms with Crippen LogP contribution in [0.3, 0.4) is 0 Å². The lowest BCUT2D eigenvalue weighted by Crippen LogP contribution is -2.23. The van der Waals surface area contributed by atoms with Gasteiger partial charge in [-0.25, -0.2) is 0 Å². The second kappa shape index (κ2) is 4.90. The van der Waals surface area contributed by atoms with Gasteiger partial charge in [0.05, 0.1) is 12.2 Å². The fourth-order valence-electron chi connectivity index (χ4n) is 2.46. The summed E-state index contributed by atoms with van der Waals surface area (Å²) in [6, 6.07) is 7.78. The van der Waals surface area contributed by atoms with Crippen molar-refractivity contribution in [3.05, 3.63) is 29.8 Å². The number of aliphatic hydroxyl groups excluding tert-OH is 1. The van der Waals surface area contributed by atoms with Crippen molar-refractivity contribution in [2.45, 2.75) is 44.5 Å². The van der Waals surface area contributed by atoms with Crippen LogP contribution in [0.5, 0.6) is 5.75 Å². The maximum atomic E-state index is 10.4. The smallest absolute Gasteiger partial charge is 0.120 e. The van der Waals surface area contributed by atoms with Crippen molar-refractivity contribution < 1.29 is 14.6 Å². The largest absolute Gasteiger partial charge is 0.490 e. The third-order valence-corrected chi connectivity index (χ3v) is 3.78. The van der Waals surface area contributed by atoms with E-state index in [0.717, 1.165) is 37.2 Å². The molecule has 3 heteroatoms. The number of benzene rings is 1. The van der Waals surface area contributed by atoms with Crippen molar-refractivity contribution in [1.29, 1.82) is 0 Å². The van der Waals surface area contributed by atoms with Crippen LogP contribution in [0.25, 0.3) is 0 Å². The average molecular weight is 248 g/mol. The molecule has 1 aromatic rings. The van der Waals surface area contributed by atoms with Crippen LogP contribution in [0.2, 0.25) is 0 Å². The second-order valence-electron chi connectivity index (χ2n) is 5.44. The molecule has 2 aliphatic rings. The van der Waals surface area contributed by atoms with E-state index in [1.807, 2.05) is 24.3 Å². The molecule has 18 heavy (non-hydrogen) atoms. The van der Waals surface area contributed by atoms with Gasteiger partial charge in [0.2, 0.25) is 0 Å². The number of hydrogen-bond acceptors (Lipinski definition) is 3. The first-order valence-electron chi connectivity index (χ1n) is 6.80. The Morgan fingerprint density at radius 3 is 2.83 bits per heavy atom. The van der Waals surface area contributed by atoms with Crippen LogP contribution in [0.15, 0.2) is 24.3 Å². The Hall–Kier alpha value is -1.06. The highest BCUT2D eigenvalue weighted by atomic mass is 16.5. The summed E-state index contributed by atoms with van der Waals surface area (Å²) in [5.74, 6) is 1.27. The molecule has 1 N–H and O–H groups in total. The van der Waals surface area contributed by atoms with Crippen molar-refractivity contribution in [3.63, 3.8) is 0 Å². The highest BCUT2D eigenvalue weighted by molar-refractivity contribution is 5.31. The zero-order valence-electron chi connectivity index (χ0n) is 10.7. The van der Waals surface area contributed by atoms with E-state index in [1.54, 1.807) is 0 Å². The maximum absolute atomic E-state index is 10.4. The van der Waals surface area contributed by atoms with Gasteiger partial charge in [-0.15, -0.1) is 0 Å². The lowest BCUT2D eigenvalue weighted by atomic mass is 9.95. The van der Waals surface area contributed by atoms with Gasteiger partial charge in [-0.3, -0.25) is 0 Å². The molecule has 0 aromatic heterocycles. The molecule has 1 aliphatic carbocycles. The van der Waals surface area contributed by atoms with Crippen molar-refractivity contribution in [3.8, 4) is 5.75 Å². The Balaban J connectivity index is 1.73. The minimum absolute atomic E-state index is 0.0822. The molecule has 3 atom stereocenters. The van der Waals surface area contributed by atoms with Crippen LogP contribution in [0.1, 0.15) is 37.9 Å². The van der Waals surface area contributed by atoms with Gasteiger partial charge in [0.15, 0.2) is 0 Å². The lowest BCUT2D eigenvalue weighted by Gasteiger charge is -2.22. The molecule has 1 aliphatic heterocycles. The molecule has 0 radical (unpaired) electrons. The van der Waals surface area contributed by atoms with E-state index in [1.165, 1.54) is 0 Å². The second-order valence-corrected chi connectivity index (χ2v) is 5.44. The predicted molar refractivity (Wildman–Crippen MR) is 68.6 cm³/mol. The van der Waals surface area contributed by atoms with E-state index in [-0.39, 0.29) is 6.10 Å². The van der Waals surface area contributed by atoms with E-state index in [4.69, 9.17) is 9.47 Å². The Morgan fingerprint density at radius 1 is 1.33 bits per heavy atom. The number of aliphatic hydroxyl groups is 1. The zero-order chi connectivity index (χ0) is 12.5. The molecule has 1 saturated carbocycles. The molecule has 2 fully saturated rings. The maximum Gasteiger partial charge on any atom is 0.120 e. The molecule has 3 rings (SSSR count). The first-order chi connectivity index (χ1) is 8.74. The molecule has 3 unspecified atom stereocenters. The van der Waals surface area contributed by atoms with Crippen molar-refractivity contribution in [2.75, 3.05) is 6.61 Å². The van der Waals surface area contributed by atoms with Gasteiger partial charge in [-0.1, -0.05) is 19.1 Å². The molecule has 98 valence electrons. The Morgan fingerprint density at radius 2 is 2.17 bits per heavy atom. The zero-order valence-corrected chi connectivity index (χ0v) is 10.7. The van der Waals surface area contributed by atoms with Crippen molar-refractivity contribution >= 4 is 0 Å². The summed E-state index contributed by atoms with van der Waals surface area (Å²) in [4.78, 5) is 0. The van der Waals surface area contributed by atoms with Crippen LogP contribution in [0, 0.1) is 5.92 Å². The normalized spacial score (nSPS) is 29.2. The van der Waals surface area contributed by atoms with Crippen molar-refractivity contribution in [2.24, 2.45) is 5.92 Å². The van der Waals surface area contributed by atoms with Gasteiger partial charge in [0.25, 0.3) is 0 Å². The highest BCUT2D eigenvalue weighted by Gasteiger charge is 2.32. The molecule has 1 aromatic carbocycles. The number of rotatable bonds is 4. The third-order valence-electron chi connectivity index (χ3n) is 3.78. The fourth-order valence-corrected chi connectivity index (χ4v) is 2.46. The predicted octanol–water partition coefficient (Wildman–Crippen LogP) is 2.69. The van der Waals surface area contributed by atoms with E-state index >= 15 is 0 Å². The minimum atomic E-state index is -0.551. The van der Waals surface area contributed by atoms with Crippen LogP contribution in [-0.2, 0) is 4.74 Å². The topological polar surface area (TPSA) is 38.7 Å². The molecule has 0 bridgehead atoms. The molecule has 0 amide bonds. The molecule has 1 saturated heterocycles. The summed E-state index contributed by atoms with van der Waals surface area (Å²) in [6.07, 6.45) is 3.08. The summed E-state index contributed by atoms with van der Waals surface area (Å²) in [7, 11) is 0. The van der Waals surface area contributed by atoms with Gasteiger partial charge in [0, 0.05) is 6.61 Å². The van der Waals surface area contributed by atoms with E-state index in [2.05, 4.69) is 6.92 Å². The third kappa shape index (κ3) is 2.52. The highest BCUT2D eigenvalue weighted by Crippen LogP contribution is 2.33. The van der Waals surface area contributed by atoms with Crippen molar-refractivity contribution in [1.82, 2.24) is 0 Å². The van der Waals surface area contributed by atoms with Gasteiger partial charge < -0.3 is 14.6 Å². The average Bonchev–Trinajstić information content (AvgIpc) is 3.08. The van der Waals surface area contributed by atoms with E-state index in [9.17, 15) is 5.11 Å². The Kier molecular flexibility index (Phi) is 3.27.